The third kappa shape index (κ3) is 11.2. The zero-order valence-electron chi connectivity index (χ0n) is 12.8. The molecule has 0 amide bonds. The van der Waals surface area contributed by atoms with Gasteiger partial charge in [-0.15, -0.1) is 0 Å². The van der Waals surface area contributed by atoms with E-state index >= 15 is 0 Å². The Morgan fingerprint density at radius 1 is 0.850 bits per heavy atom. The molecule has 0 heterocycles. The highest BCUT2D eigenvalue weighted by Gasteiger charge is 2.26. The zero-order chi connectivity index (χ0) is 15.2. The number of aliphatic carboxylic acids is 1. The minimum absolute atomic E-state index is 0.101. The molecule has 0 aromatic carbocycles. The van der Waals surface area contributed by atoms with Gasteiger partial charge < -0.3 is 5.11 Å². The van der Waals surface area contributed by atoms with Gasteiger partial charge in [-0.05, 0) is 6.42 Å². The largest absolute Gasteiger partial charge is 0.481 e. The average Bonchev–Trinajstić information content (AvgIpc) is 2.39. The molecule has 0 saturated heterocycles. The second-order valence-electron chi connectivity index (χ2n) is 5.60. The molecule has 0 fully saturated rings. The average molecular weight is 292 g/mol. The Kier molecular flexibility index (Phi) is 12.9. The quantitative estimate of drug-likeness (QED) is 0.420. The van der Waals surface area contributed by atoms with Crippen LogP contribution in [0.1, 0.15) is 84.0 Å². The normalized spacial score (nSPS) is 12.8. The van der Waals surface area contributed by atoms with Gasteiger partial charge in [-0.3, -0.25) is 4.79 Å². The zero-order valence-corrected chi connectivity index (χ0v) is 12.8. The minimum atomic E-state index is -2.74. The molecule has 0 aromatic rings. The van der Waals surface area contributed by atoms with E-state index in [-0.39, 0.29) is 6.42 Å². The molecule has 4 heteroatoms. The molecule has 0 spiro atoms. The standard InChI is InChI=1S/C16H30F2O2/c1-2-3-4-5-6-7-8-9-10-11-12-13-14(15(17)18)16(19)20/h14-15H,2-13H2,1H3,(H,19,20). The Labute approximate surface area is 122 Å². The Hall–Kier alpha value is -0.670. The summed E-state index contributed by atoms with van der Waals surface area (Å²) in [6.45, 7) is 2.21. The van der Waals surface area contributed by atoms with E-state index < -0.39 is 18.3 Å². The molecular formula is C16H30F2O2. The lowest BCUT2D eigenvalue weighted by Crippen LogP contribution is -2.21. The van der Waals surface area contributed by atoms with E-state index in [2.05, 4.69) is 6.92 Å². The van der Waals surface area contributed by atoms with Gasteiger partial charge in [0.1, 0.15) is 5.92 Å². The first-order valence-corrected chi connectivity index (χ1v) is 8.10. The van der Waals surface area contributed by atoms with E-state index in [1.165, 1.54) is 44.9 Å². The number of rotatable bonds is 14. The first-order chi connectivity index (χ1) is 9.59. The molecule has 0 aromatic heterocycles. The van der Waals surface area contributed by atoms with Gasteiger partial charge in [-0.25, -0.2) is 8.78 Å². The van der Waals surface area contributed by atoms with Crippen LogP contribution in [0.4, 0.5) is 8.78 Å². The summed E-state index contributed by atoms with van der Waals surface area (Å²) in [4.78, 5) is 10.6. The number of carboxylic acids is 1. The van der Waals surface area contributed by atoms with Crippen LogP contribution in [0.5, 0.6) is 0 Å². The number of hydrogen-bond acceptors (Lipinski definition) is 1. The van der Waals surface area contributed by atoms with E-state index in [4.69, 9.17) is 5.11 Å². The van der Waals surface area contributed by atoms with Crippen LogP contribution < -0.4 is 0 Å². The molecule has 0 aliphatic carbocycles. The molecule has 0 aliphatic heterocycles. The molecule has 0 bridgehead atoms. The van der Waals surface area contributed by atoms with Crippen LogP contribution in [0.3, 0.4) is 0 Å². The lowest BCUT2D eigenvalue weighted by molar-refractivity contribution is -0.147. The van der Waals surface area contributed by atoms with Crippen molar-refractivity contribution in [3.05, 3.63) is 0 Å². The number of carboxylic acid groups (broad SMARTS) is 1. The van der Waals surface area contributed by atoms with Crippen LogP contribution in [-0.4, -0.2) is 17.5 Å². The summed E-state index contributed by atoms with van der Waals surface area (Å²) in [5.41, 5.74) is 0. The second-order valence-corrected chi connectivity index (χ2v) is 5.60. The van der Waals surface area contributed by atoms with Crippen molar-refractivity contribution in [2.45, 2.75) is 90.4 Å². The SMILES string of the molecule is CCCCCCCCCCCCCC(C(=O)O)C(F)F. The van der Waals surface area contributed by atoms with E-state index in [9.17, 15) is 13.6 Å². The Morgan fingerprint density at radius 3 is 1.60 bits per heavy atom. The first kappa shape index (κ1) is 19.3. The van der Waals surface area contributed by atoms with E-state index in [1.807, 2.05) is 0 Å². The van der Waals surface area contributed by atoms with Crippen molar-refractivity contribution in [2.75, 3.05) is 0 Å². The number of halogens is 2. The maximum atomic E-state index is 12.4. The van der Waals surface area contributed by atoms with E-state index in [0.717, 1.165) is 19.3 Å². The number of alkyl halides is 2. The Morgan fingerprint density at radius 2 is 1.25 bits per heavy atom. The Bertz CT molecular complexity index is 233. The topological polar surface area (TPSA) is 37.3 Å². The summed E-state index contributed by atoms with van der Waals surface area (Å²) in [5, 5.41) is 8.63. The number of hydrogen-bond donors (Lipinski definition) is 1. The van der Waals surface area contributed by atoms with Crippen LogP contribution in [0.15, 0.2) is 0 Å². The molecule has 0 radical (unpaired) electrons. The van der Waals surface area contributed by atoms with Gasteiger partial charge in [0.2, 0.25) is 0 Å². The number of carbonyl (C=O) groups is 1. The summed E-state index contributed by atoms with van der Waals surface area (Å²) in [5.74, 6) is -2.85. The molecular weight excluding hydrogens is 262 g/mol. The molecule has 0 aliphatic rings. The van der Waals surface area contributed by atoms with Crippen molar-refractivity contribution in [3.63, 3.8) is 0 Å². The van der Waals surface area contributed by atoms with Crippen LogP contribution >= 0.6 is 0 Å². The predicted octanol–water partition coefficient (Wildman–Crippen LogP) is 5.65. The summed E-state index contributed by atoms with van der Waals surface area (Å²) in [6.07, 6.45) is 10.0. The van der Waals surface area contributed by atoms with Gasteiger partial charge in [0.05, 0.1) is 0 Å². The molecule has 20 heavy (non-hydrogen) atoms. The lowest BCUT2D eigenvalue weighted by Gasteiger charge is -2.10. The van der Waals surface area contributed by atoms with Gasteiger partial charge in [-0.2, -0.15) is 0 Å². The minimum Gasteiger partial charge on any atom is -0.481 e. The van der Waals surface area contributed by atoms with Gasteiger partial charge in [0.25, 0.3) is 6.43 Å². The second kappa shape index (κ2) is 13.3. The van der Waals surface area contributed by atoms with E-state index in [0.29, 0.717) is 6.42 Å². The summed E-state index contributed by atoms with van der Waals surface area (Å²) in [7, 11) is 0. The van der Waals surface area contributed by atoms with Crippen molar-refractivity contribution in [2.24, 2.45) is 5.92 Å². The highest BCUT2D eigenvalue weighted by atomic mass is 19.3. The van der Waals surface area contributed by atoms with Gasteiger partial charge in [0.15, 0.2) is 0 Å². The fraction of sp³-hybridized carbons (Fsp3) is 0.938. The molecule has 2 nitrogen and oxygen atoms in total. The van der Waals surface area contributed by atoms with Crippen molar-refractivity contribution in [1.82, 2.24) is 0 Å². The summed E-state index contributed by atoms with van der Waals surface area (Å²) < 4.78 is 24.7. The van der Waals surface area contributed by atoms with Crippen molar-refractivity contribution >= 4 is 5.97 Å². The molecule has 120 valence electrons. The number of unbranched alkanes of at least 4 members (excludes halogenated alkanes) is 10. The summed E-state index contributed by atoms with van der Waals surface area (Å²) >= 11 is 0. The van der Waals surface area contributed by atoms with Crippen molar-refractivity contribution < 1.29 is 18.7 Å². The molecule has 0 saturated carbocycles. The molecule has 1 atom stereocenters. The van der Waals surface area contributed by atoms with Crippen LogP contribution in [-0.2, 0) is 4.79 Å². The van der Waals surface area contributed by atoms with Crippen LogP contribution in [0.2, 0.25) is 0 Å². The molecule has 1 unspecified atom stereocenters. The van der Waals surface area contributed by atoms with E-state index in [1.54, 1.807) is 0 Å². The monoisotopic (exact) mass is 292 g/mol. The smallest absolute Gasteiger partial charge is 0.312 e. The first-order valence-electron chi connectivity index (χ1n) is 8.10. The van der Waals surface area contributed by atoms with Gasteiger partial charge in [-0.1, -0.05) is 77.6 Å². The Balaban J connectivity index is 3.29. The molecule has 1 N–H and O–H groups in total. The lowest BCUT2D eigenvalue weighted by atomic mass is 10.0. The fourth-order valence-corrected chi connectivity index (χ4v) is 2.39. The van der Waals surface area contributed by atoms with Crippen LogP contribution in [0.25, 0.3) is 0 Å². The van der Waals surface area contributed by atoms with Crippen LogP contribution in [0, 0.1) is 5.92 Å². The molecule has 0 rings (SSSR count). The maximum Gasteiger partial charge on any atom is 0.312 e. The third-order valence-corrected chi connectivity index (χ3v) is 3.74. The van der Waals surface area contributed by atoms with Gasteiger partial charge >= 0.3 is 5.97 Å². The van der Waals surface area contributed by atoms with Crippen molar-refractivity contribution in [1.29, 1.82) is 0 Å². The van der Waals surface area contributed by atoms with Crippen molar-refractivity contribution in [3.8, 4) is 0 Å². The van der Waals surface area contributed by atoms with Gasteiger partial charge in [0, 0.05) is 0 Å². The summed E-state index contributed by atoms with van der Waals surface area (Å²) in [6, 6.07) is 0. The fourth-order valence-electron chi connectivity index (χ4n) is 2.39. The highest BCUT2D eigenvalue weighted by molar-refractivity contribution is 5.70. The third-order valence-electron chi connectivity index (χ3n) is 3.74. The predicted molar refractivity (Wildman–Crippen MR) is 78.2 cm³/mol. The maximum absolute atomic E-state index is 12.4. The highest BCUT2D eigenvalue weighted by Crippen LogP contribution is 2.19.